The fourth-order valence-corrected chi connectivity index (χ4v) is 2.62. The number of carbonyl (C=O) groups excluding carboxylic acids is 1. The van der Waals surface area contributed by atoms with Gasteiger partial charge in [0.15, 0.2) is 11.5 Å². The van der Waals surface area contributed by atoms with E-state index in [1.165, 1.54) is 44.4 Å². The molecule has 0 aliphatic carbocycles. The van der Waals surface area contributed by atoms with E-state index in [0.717, 1.165) is 12.1 Å². The van der Waals surface area contributed by atoms with Gasteiger partial charge >= 0.3 is 6.18 Å². The molecule has 0 unspecified atom stereocenters. The van der Waals surface area contributed by atoms with Crippen LogP contribution in [0.15, 0.2) is 42.5 Å². The van der Waals surface area contributed by atoms with Crippen LogP contribution in [0.3, 0.4) is 0 Å². The van der Waals surface area contributed by atoms with E-state index in [2.05, 4.69) is 0 Å². The summed E-state index contributed by atoms with van der Waals surface area (Å²) < 4.78 is 53.7. The Labute approximate surface area is 167 Å². The smallest absolute Gasteiger partial charge is 0.416 e. The molecule has 2 rings (SSSR count). The van der Waals surface area contributed by atoms with Gasteiger partial charge in [0, 0.05) is 31.3 Å². The van der Waals surface area contributed by atoms with Crippen molar-refractivity contribution in [3.63, 3.8) is 0 Å². The van der Waals surface area contributed by atoms with E-state index in [1.807, 2.05) is 0 Å². The van der Waals surface area contributed by atoms with Crippen LogP contribution in [-0.4, -0.2) is 39.2 Å². The summed E-state index contributed by atoms with van der Waals surface area (Å²) in [6, 6.07) is 8.03. The number of carbonyl (C=O) groups is 1. The van der Waals surface area contributed by atoms with Crippen molar-refractivity contribution in [1.29, 1.82) is 0 Å². The highest BCUT2D eigenvalue weighted by Crippen LogP contribution is 2.35. The Hall–Kier alpha value is -3.16. The molecule has 0 aromatic heterocycles. The van der Waals surface area contributed by atoms with Crippen molar-refractivity contribution in [1.82, 2.24) is 4.90 Å². The van der Waals surface area contributed by atoms with Gasteiger partial charge in [-0.3, -0.25) is 4.79 Å². The van der Waals surface area contributed by atoms with Crippen LogP contribution in [0.25, 0.3) is 6.08 Å². The predicted octanol–water partition coefficient (Wildman–Crippen LogP) is 4.40. The van der Waals surface area contributed by atoms with Crippen LogP contribution in [0.4, 0.5) is 13.2 Å². The van der Waals surface area contributed by atoms with E-state index in [1.54, 1.807) is 25.3 Å². The van der Waals surface area contributed by atoms with Crippen LogP contribution in [0.5, 0.6) is 17.2 Å². The van der Waals surface area contributed by atoms with Crippen molar-refractivity contribution < 1.29 is 32.2 Å². The number of hydrogen-bond donors (Lipinski definition) is 0. The van der Waals surface area contributed by atoms with Gasteiger partial charge in [0.25, 0.3) is 0 Å². The van der Waals surface area contributed by atoms with Gasteiger partial charge in [-0.25, -0.2) is 0 Å². The highest BCUT2D eigenvalue weighted by molar-refractivity contribution is 5.92. The monoisotopic (exact) mass is 409 g/mol. The molecule has 2 aromatic rings. The average Bonchev–Trinajstić information content (AvgIpc) is 2.70. The Balaban J connectivity index is 2.12. The zero-order chi connectivity index (χ0) is 21.6. The third-order valence-electron chi connectivity index (χ3n) is 4.22. The number of methoxy groups -OCH3 is 3. The van der Waals surface area contributed by atoms with Crippen molar-refractivity contribution >= 4 is 12.0 Å². The maximum absolute atomic E-state index is 12.6. The third kappa shape index (κ3) is 5.66. The third-order valence-corrected chi connectivity index (χ3v) is 4.22. The fraction of sp³-hybridized carbons (Fsp3) is 0.286. The molecule has 156 valence electrons. The van der Waals surface area contributed by atoms with Crippen molar-refractivity contribution in [3.05, 3.63) is 59.2 Å². The Bertz CT molecular complexity index is 877. The van der Waals surface area contributed by atoms with Crippen molar-refractivity contribution in [2.75, 3.05) is 28.4 Å². The maximum Gasteiger partial charge on any atom is 0.416 e. The lowest BCUT2D eigenvalue weighted by molar-refractivity contribution is -0.137. The summed E-state index contributed by atoms with van der Waals surface area (Å²) in [5.41, 5.74) is 0.475. The van der Waals surface area contributed by atoms with Crippen molar-refractivity contribution in [3.8, 4) is 17.2 Å². The summed E-state index contributed by atoms with van der Waals surface area (Å²) in [6.45, 7) is 0.171. The molecular formula is C21H22F3NO4. The minimum absolute atomic E-state index is 0.171. The number of rotatable bonds is 7. The molecule has 0 aliphatic heterocycles. The van der Waals surface area contributed by atoms with Gasteiger partial charge < -0.3 is 19.1 Å². The molecule has 0 heterocycles. The summed E-state index contributed by atoms with van der Waals surface area (Å²) >= 11 is 0. The predicted molar refractivity (Wildman–Crippen MR) is 103 cm³/mol. The van der Waals surface area contributed by atoms with Gasteiger partial charge in [-0.15, -0.1) is 0 Å². The van der Waals surface area contributed by atoms with E-state index in [0.29, 0.717) is 28.4 Å². The highest BCUT2D eigenvalue weighted by Gasteiger charge is 2.29. The second kappa shape index (κ2) is 9.36. The van der Waals surface area contributed by atoms with Gasteiger partial charge in [0.2, 0.25) is 5.91 Å². The minimum Gasteiger partial charge on any atom is -0.496 e. The number of amides is 1. The SMILES string of the molecule is COc1cc(OC)c(OC)cc1/C=C/C(=O)N(C)Cc1ccc(C(F)(F)F)cc1. The van der Waals surface area contributed by atoms with Crippen LogP contribution >= 0.6 is 0 Å². The maximum atomic E-state index is 12.6. The molecule has 5 nitrogen and oxygen atoms in total. The average molecular weight is 409 g/mol. The second-order valence-electron chi connectivity index (χ2n) is 6.17. The lowest BCUT2D eigenvalue weighted by atomic mass is 10.1. The summed E-state index contributed by atoms with van der Waals surface area (Å²) in [6.07, 6.45) is -1.46. The van der Waals surface area contributed by atoms with Crippen LogP contribution in [0.1, 0.15) is 16.7 Å². The minimum atomic E-state index is -4.39. The first-order valence-corrected chi connectivity index (χ1v) is 8.59. The molecule has 0 atom stereocenters. The molecule has 0 aliphatic rings. The van der Waals surface area contributed by atoms with E-state index >= 15 is 0 Å². The Morgan fingerprint density at radius 2 is 1.52 bits per heavy atom. The highest BCUT2D eigenvalue weighted by atomic mass is 19.4. The molecule has 8 heteroatoms. The summed E-state index contributed by atoms with van der Waals surface area (Å²) in [5, 5.41) is 0. The number of ether oxygens (including phenoxy) is 3. The molecule has 0 fully saturated rings. The Kier molecular flexibility index (Phi) is 7.14. The van der Waals surface area contributed by atoms with Crippen molar-refractivity contribution in [2.24, 2.45) is 0 Å². The van der Waals surface area contributed by atoms with Gasteiger partial charge in [-0.05, 0) is 29.8 Å². The fourth-order valence-electron chi connectivity index (χ4n) is 2.62. The van der Waals surface area contributed by atoms with Gasteiger partial charge in [-0.1, -0.05) is 12.1 Å². The normalized spacial score (nSPS) is 11.4. The van der Waals surface area contributed by atoms with Crippen LogP contribution in [-0.2, 0) is 17.5 Å². The molecule has 29 heavy (non-hydrogen) atoms. The quantitative estimate of drug-likeness (QED) is 0.636. The zero-order valence-electron chi connectivity index (χ0n) is 16.5. The number of nitrogens with zero attached hydrogens (tertiary/aromatic N) is 1. The summed E-state index contributed by atoms with van der Waals surface area (Å²) in [4.78, 5) is 13.8. The Morgan fingerprint density at radius 3 is 2.03 bits per heavy atom. The summed E-state index contributed by atoms with van der Waals surface area (Å²) in [7, 11) is 6.07. The zero-order valence-corrected chi connectivity index (χ0v) is 16.5. The molecule has 2 aromatic carbocycles. The first kappa shape index (κ1) is 22.1. The number of benzene rings is 2. The lowest BCUT2D eigenvalue weighted by Crippen LogP contribution is -2.24. The molecule has 0 saturated heterocycles. The largest absolute Gasteiger partial charge is 0.496 e. The van der Waals surface area contributed by atoms with E-state index in [4.69, 9.17) is 14.2 Å². The standard InChI is InChI=1S/C21H22F3NO4/c1-25(13-14-5-8-16(9-6-14)21(22,23)24)20(26)10-7-15-11-18(28-3)19(29-4)12-17(15)27-2/h5-12H,13H2,1-4H3/b10-7+. The van der Waals surface area contributed by atoms with Crippen LogP contribution in [0, 0.1) is 0 Å². The lowest BCUT2D eigenvalue weighted by Gasteiger charge is -2.16. The van der Waals surface area contributed by atoms with Gasteiger partial charge in [0.05, 0.1) is 26.9 Å². The second-order valence-corrected chi connectivity index (χ2v) is 6.17. The number of alkyl halides is 3. The molecule has 0 radical (unpaired) electrons. The van der Waals surface area contributed by atoms with Gasteiger partial charge in [0.1, 0.15) is 5.75 Å². The first-order valence-electron chi connectivity index (χ1n) is 8.59. The summed E-state index contributed by atoms with van der Waals surface area (Å²) in [5.74, 6) is 1.16. The molecular weight excluding hydrogens is 387 g/mol. The van der Waals surface area contributed by atoms with Crippen LogP contribution < -0.4 is 14.2 Å². The number of halogens is 3. The molecule has 0 N–H and O–H groups in total. The van der Waals surface area contributed by atoms with Crippen molar-refractivity contribution in [2.45, 2.75) is 12.7 Å². The first-order chi connectivity index (χ1) is 13.7. The molecule has 0 spiro atoms. The van der Waals surface area contributed by atoms with E-state index in [-0.39, 0.29) is 12.5 Å². The van der Waals surface area contributed by atoms with E-state index < -0.39 is 11.7 Å². The topological polar surface area (TPSA) is 48.0 Å². The van der Waals surface area contributed by atoms with Crippen LogP contribution in [0.2, 0.25) is 0 Å². The number of likely N-dealkylation sites (N-methyl/N-ethyl adjacent to an activating group) is 1. The Morgan fingerprint density at radius 1 is 0.966 bits per heavy atom. The van der Waals surface area contributed by atoms with E-state index in [9.17, 15) is 18.0 Å². The molecule has 1 amide bonds. The molecule has 0 bridgehead atoms. The molecule has 0 saturated carbocycles. The van der Waals surface area contributed by atoms with Gasteiger partial charge in [-0.2, -0.15) is 13.2 Å². The number of hydrogen-bond acceptors (Lipinski definition) is 4.